The SMILES string of the molecule is COc1ccc(N(P(c2ccccc2)c2ccccc2)P(c2ccccc2)c2ccccc2)c(OC)c1. The molecule has 0 amide bonds. The lowest BCUT2D eigenvalue weighted by molar-refractivity contribution is 0.395. The Morgan fingerprint density at radius 2 is 0.838 bits per heavy atom. The quantitative estimate of drug-likeness (QED) is 0.204. The van der Waals surface area contributed by atoms with Gasteiger partial charge in [-0.1, -0.05) is 121 Å². The van der Waals surface area contributed by atoms with Crippen LogP contribution >= 0.6 is 16.1 Å². The Bertz CT molecular complexity index is 1240. The molecule has 0 spiro atoms. The van der Waals surface area contributed by atoms with Gasteiger partial charge in [0.05, 0.1) is 36.1 Å². The molecule has 0 aliphatic carbocycles. The van der Waals surface area contributed by atoms with Crippen molar-refractivity contribution in [2.24, 2.45) is 0 Å². The first-order chi connectivity index (χ1) is 18.3. The lowest BCUT2D eigenvalue weighted by Crippen LogP contribution is -2.32. The second-order valence-corrected chi connectivity index (χ2v) is 12.7. The summed E-state index contributed by atoms with van der Waals surface area (Å²) in [6, 6.07) is 49.4. The molecule has 37 heavy (non-hydrogen) atoms. The number of nitrogens with zero attached hydrogens (tertiary/aromatic N) is 1. The van der Waals surface area contributed by atoms with Crippen molar-refractivity contribution in [1.29, 1.82) is 0 Å². The van der Waals surface area contributed by atoms with Crippen LogP contribution in [0.3, 0.4) is 0 Å². The second kappa shape index (κ2) is 12.1. The van der Waals surface area contributed by atoms with Crippen molar-refractivity contribution in [3.8, 4) is 11.5 Å². The summed E-state index contributed by atoms with van der Waals surface area (Å²) in [7, 11) is 1.48. The van der Waals surface area contributed by atoms with E-state index >= 15 is 0 Å². The van der Waals surface area contributed by atoms with E-state index < -0.39 is 16.1 Å². The first-order valence-corrected chi connectivity index (χ1v) is 14.7. The van der Waals surface area contributed by atoms with E-state index in [0.29, 0.717) is 0 Å². The van der Waals surface area contributed by atoms with Crippen LogP contribution in [0.25, 0.3) is 0 Å². The van der Waals surface area contributed by atoms with Gasteiger partial charge in [0.1, 0.15) is 11.5 Å². The smallest absolute Gasteiger partial charge is 0.146 e. The minimum atomic E-state index is -0.972. The summed E-state index contributed by atoms with van der Waals surface area (Å²) in [5.41, 5.74) is 1.04. The Balaban J connectivity index is 1.84. The molecule has 0 saturated heterocycles. The first-order valence-electron chi connectivity index (χ1n) is 12.1. The molecule has 184 valence electrons. The highest BCUT2D eigenvalue weighted by atomic mass is 31.2. The van der Waals surface area contributed by atoms with Gasteiger partial charge in [-0.15, -0.1) is 0 Å². The van der Waals surface area contributed by atoms with E-state index in [1.165, 1.54) is 21.2 Å². The van der Waals surface area contributed by atoms with Crippen molar-refractivity contribution >= 4 is 43.1 Å². The van der Waals surface area contributed by atoms with Gasteiger partial charge in [0.2, 0.25) is 0 Å². The molecule has 5 aromatic rings. The van der Waals surface area contributed by atoms with Crippen LogP contribution in [0.4, 0.5) is 5.69 Å². The molecule has 0 saturated carbocycles. The van der Waals surface area contributed by atoms with Crippen molar-refractivity contribution in [2.75, 3.05) is 18.7 Å². The number of anilines is 1. The fourth-order valence-electron chi connectivity index (χ4n) is 4.27. The topological polar surface area (TPSA) is 21.7 Å². The Morgan fingerprint density at radius 1 is 0.459 bits per heavy atom. The second-order valence-electron chi connectivity index (χ2n) is 8.29. The highest BCUT2D eigenvalue weighted by Gasteiger charge is 2.34. The van der Waals surface area contributed by atoms with Crippen LogP contribution in [-0.4, -0.2) is 14.2 Å². The van der Waals surface area contributed by atoms with E-state index in [2.05, 4.69) is 132 Å². The highest BCUT2D eigenvalue weighted by Crippen LogP contribution is 2.59. The lowest BCUT2D eigenvalue weighted by Gasteiger charge is -2.41. The van der Waals surface area contributed by atoms with Gasteiger partial charge in [0.15, 0.2) is 0 Å². The first kappa shape index (κ1) is 25.0. The standard InChI is InChI=1S/C32H29NO2P2/c1-34-26-23-24-31(32(25-26)35-2)33(36(27-15-7-3-8-16-27)28-17-9-4-10-18-28)37(29-19-11-5-12-20-29)30-21-13-6-14-22-30/h3-25H,1-2H3. The molecule has 0 fully saturated rings. The highest BCUT2D eigenvalue weighted by molar-refractivity contribution is 7.90. The molecule has 0 atom stereocenters. The zero-order valence-electron chi connectivity index (χ0n) is 20.9. The average molecular weight is 522 g/mol. The van der Waals surface area contributed by atoms with Gasteiger partial charge in [-0.3, -0.25) is 0 Å². The maximum absolute atomic E-state index is 6.01. The molecule has 5 rings (SSSR count). The van der Waals surface area contributed by atoms with Crippen LogP contribution in [-0.2, 0) is 0 Å². The predicted octanol–water partition coefficient (Wildman–Crippen LogP) is 6.61. The molecule has 0 aromatic heterocycles. The van der Waals surface area contributed by atoms with Gasteiger partial charge in [-0.25, -0.2) is 0 Å². The van der Waals surface area contributed by atoms with E-state index in [4.69, 9.17) is 9.47 Å². The average Bonchev–Trinajstić information content (AvgIpc) is 2.98. The van der Waals surface area contributed by atoms with Crippen LogP contribution in [0.15, 0.2) is 140 Å². The van der Waals surface area contributed by atoms with E-state index in [1.54, 1.807) is 14.2 Å². The Morgan fingerprint density at radius 3 is 1.16 bits per heavy atom. The van der Waals surface area contributed by atoms with Crippen molar-refractivity contribution in [2.45, 2.75) is 0 Å². The Labute approximate surface area is 221 Å². The van der Waals surface area contributed by atoms with Crippen LogP contribution in [0.2, 0.25) is 0 Å². The van der Waals surface area contributed by atoms with Gasteiger partial charge in [0.25, 0.3) is 0 Å². The fourth-order valence-corrected chi connectivity index (χ4v) is 10.3. The summed E-state index contributed by atoms with van der Waals surface area (Å²) in [6.45, 7) is 0. The number of hydrogen-bond donors (Lipinski definition) is 0. The Kier molecular flexibility index (Phi) is 8.16. The maximum atomic E-state index is 6.01. The van der Waals surface area contributed by atoms with E-state index in [1.807, 2.05) is 12.1 Å². The predicted molar refractivity (Wildman–Crippen MR) is 160 cm³/mol. The largest absolute Gasteiger partial charge is 0.497 e. The summed E-state index contributed by atoms with van der Waals surface area (Å²) in [5.74, 6) is 1.56. The van der Waals surface area contributed by atoms with Crippen molar-refractivity contribution in [3.63, 3.8) is 0 Å². The zero-order valence-corrected chi connectivity index (χ0v) is 22.7. The summed E-state index contributed by atoms with van der Waals surface area (Å²) < 4.78 is 14.2. The minimum absolute atomic E-state index is 0.771. The molecule has 0 bridgehead atoms. The maximum Gasteiger partial charge on any atom is 0.146 e. The summed E-state index contributed by atoms with van der Waals surface area (Å²) in [4.78, 5) is 0. The van der Waals surface area contributed by atoms with Crippen LogP contribution in [0, 0.1) is 0 Å². The van der Waals surface area contributed by atoms with Crippen LogP contribution in [0.5, 0.6) is 11.5 Å². The van der Waals surface area contributed by atoms with Gasteiger partial charge in [-0.05, 0) is 12.1 Å². The molecule has 0 unspecified atom stereocenters. The van der Waals surface area contributed by atoms with Gasteiger partial charge >= 0.3 is 0 Å². The third-order valence-corrected chi connectivity index (χ3v) is 11.4. The molecule has 3 nitrogen and oxygen atoms in total. The number of benzene rings is 5. The summed E-state index contributed by atoms with van der Waals surface area (Å²) in [5, 5.41) is 5.11. The van der Waals surface area contributed by atoms with Crippen molar-refractivity contribution in [3.05, 3.63) is 140 Å². The normalized spacial score (nSPS) is 10.9. The van der Waals surface area contributed by atoms with Crippen molar-refractivity contribution in [1.82, 2.24) is 0 Å². The van der Waals surface area contributed by atoms with E-state index in [0.717, 1.165) is 17.2 Å². The fraction of sp³-hybridized carbons (Fsp3) is 0.0625. The molecule has 0 N–H and O–H groups in total. The third-order valence-electron chi connectivity index (χ3n) is 5.98. The molecule has 0 aliphatic rings. The molecule has 0 radical (unpaired) electrons. The van der Waals surface area contributed by atoms with Crippen LogP contribution < -0.4 is 35.1 Å². The Hall–Kier alpha value is -3.64. The van der Waals surface area contributed by atoms with Gasteiger partial charge < -0.3 is 13.9 Å². The number of methoxy groups -OCH3 is 2. The van der Waals surface area contributed by atoms with Gasteiger partial charge in [0, 0.05) is 27.3 Å². The lowest BCUT2D eigenvalue weighted by atomic mass is 10.3. The number of hydrogen-bond acceptors (Lipinski definition) is 3. The molecule has 0 aliphatic heterocycles. The molecule has 0 heterocycles. The summed E-state index contributed by atoms with van der Waals surface area (Å²) in [6.07, 6.45) is 0. The van der Waals surface area contributed by atoms with E-state index in [9.17, 15) is 0 Å². The monoisotopic (exact) mass is 521 g/mol. The zero-order chi connectivity index (χ0) is 25.5. The molecule has 5 aromatic carbocycles. The van der Waals surface area contributed by atoms with Crippen molar-refractivity contribution < 1.29 is 9.47 Å². The summed E-state index contributed by atoms with van der Waals surface area (Å²) >= 11 is 0. The minimum Gasteiger partial charge on any atom is -0.497 e. The van der Waals surface area contributed by atoms with E-state index in [-0.39, 0.29) is 0 Å². The van der Waals surface area contributed by atoms with Gasteiger partial charge in [-0.2, -0.15) is 0 Å². The third kappa shape index (κ3) is 5.54. The van der Waals surface area contributed by atoms with Crippen LogP contribution in [0.1, 0.15) is 0 Å². The number of ether oxygens (including phenoxy) is 2. The molecule has 5 heteroatoms. The number of rotatable bonds is 9. The molecular formula is C32H29NO2P2. The molecular weight excluding hydrogens is 492 g/mol.